The van der Waals surface area contributed by atoms with Crippen LogP contribution in [0.15, 0.2) is 28.7 Å². The lowest BCUT2D eigenvalue weighted by Crippen LogP contribution is -2.38. The summed E-state index contributed by atoms with van der Waals surface area (Å²) in [7, 11) is -0.125. The van der Waals surface area contributed by atoms with E-state index in [-0.39, 0.29) is 0 Å². The molecule has 100 valence electrons. The largest absolute Gasteiger partial charge is 0.281 e. The lowest BCUT2D eigenvalue weighted by atomic mass is 9.99. The predicted octanol–water partition coefficient (Wildman–Crippen LogP) is 2.04. The zero-order chi connectivity index (χ0) is 13.3. The Morgan fingerprint density at radius 3 is 2.44 bits per heavy atom. The van der Waals surface area contributed by atoms with Crippen LogP contribution in [-0.4, -0.2) is 44.2 Å². The van der Waals surface area contributed by atoms with Crippen molar-refractivity contribution in [2.24, 2.45) is 0 Å². The molecule has 1 atom stereocenters. The van der Waals surface area contributed by atoms with Gasteiger partial charge in [-0.25, -0.2) is 0 Å². The zero-order valence-corrected chi connectivity index (χ0v) is 12.9. The second kappa shape index (κ2) is 5.28. The van der Waals surface area contributed by atoms with Crippen molar-refractivity contribution in [3.8, 4) is 0 Å². The molecule has 0 radical (unpaired) electrons. The zero-order valence-electron chi connectivity index (χ0n) is 10.5. The van der Waals surface area contributed by atoms with E-state index >= 15 is 0 Å². The van der Waals surface area contributed by atoms with Gasteiger partial charge >= 0.3 is 0 Å². The van der Waals surface area contributed by atoms with E-state index in [1.165, 1.54) is 9.87 Å². The number of halogens is 1. The summed E-state index contributed by atoms with van der Waals surface area (Å²) >= 11 is 3.40. The molecule has 0 saturated carbocycles. The van der Waals surface area contributed by atoms with Gasteiger partial charge < -0.3 is 0 Å². The monoisotopic (exact) mass is 332 g/mol. The second-order valence-corrected chi connectivity index (χ2v) is 7.74. The van der Waals surface area contributed by atoms with Crippen LogP contribution < -0.4 is 0 Å². The third kappa shape index (κ3) is 2.77. The Labute approximate surface area is 117 Å². The summed E-state index contributed by atoms with van der Waals surface area (Å²) in [4.78, 5) is 0. The molecule has 0 bridgehead atoms. The fraction of sp³-hybridized carbons (Fsp3) is 0.500. The van der Waals surface area contributed by atoms with Crippen LogP contribution in [0.4, 0.5) is 0 Å². The highest BCUT2D eigenvalue weighted by Crippen LogP contribution is 2.29. The molecule has 0 spiro atoms. The van der Waals surface area contributed by atoms with Crippen molar-refractivity contribution in [1.29, 1.82) is 0 Å². The molecule has 1 aliphatic rings. The maximum atomic E-state index is 12.0. The van der Waals surface area contributed by atoms with Crippen molar-refractivity contribution in [3.05, 3.63) is 34.3 Å². The number of benzene rings is 1. The van der Waals surface area contributed by atoms with Gasteiger partial charge in [0, 0.05) is 31.7 Å². The molecule has 0 aromatic heterocycles. The first-order chi connectivity index (χ1) is 8.41. The van der Waals surface area contributed by atoms with Crippen molar-refractivity contribution < 1.29 is 8.42 Å². The van der Waals surface area contributed by atoms with Gasteiger partial charge in [-0.15, -0.1) is 0 Å². The standard InChI is InChI=1S/C12H17BrN2O2S/c1-14(2)18(16,17)15-8-7-11(9-15)10-3-5-12(13)6-4-10/h3-6,11H,7-9H2,1-2H3. The molecule has 1 unspecified atom stereocenters. The van der Waals surface area contributed by atoms with E-state index in [1.54, 1.807) is 18.4 Å². The molecule has 1 aromatic carbocycles. The van der Waals surface area contributed by atoms with Crippen LogP contribution in [0, 0.1) is 0 Å². The Bertz CT molecular complexity index is 513. The van der Waals surface area contributed by atoms with Gasteiger partial charge in [0.05, 0.1) is 0 Å². The van der Waals surface area contributed by atoms with Gasteiger partial charge in [0.15, 0.2) is 0 Å². The molecule has 18 heavy (non-hydrogen) atoms. The van der Waals surface area contributed by atoms with E-state index < -0.39 is 10.2 Å². The van der Waals surface area contributed by atoms with Gasteiger partial charge in [0.1, 0.15) is 0 Å². The molecule has 1 aliphatic heterocycles. The van der Waals surface area contributed by atoms with Crippen LogP contribution in [0.5, 0.6) is 0 Å². The van der Waals surface area contributed by atoms with E-state index in [4.69, 9.17) is 0 Å². The van der Waals surface area contributed by atoms with Crippen molar-refractivity contribution >= 4 is 26.1 Å². The highest BCUT2D eigenvalue weighted by Gasteiger charge is 2.33. The highest BCUT2D eigenvalue weighted by atomic mass is 79.9. The molecule has 6 heteroatoms. The number of rotatable bonds is 3. The Morgan fingerprint density at radius 2 is 1.89 bits per heavy atom. The third-order valence-corrected chi connectivity index (χ3v) is 5.72. The molecule has 1 saturated heterocycles. The SMILES string of the molecule is CN(C)S(=O)(=O)N1CCC(c2ccc(Br)cc2)C1. The molecule has 0 N–H and O–H groups in total. The quantitative estimate of drug-likeness (QED) is 0.849. The summed E-state index contributed by atoms with van der Waals surface area (Å²) in [6, 6.07) is 8.11. The maximum Gasteiger partial charge on any atom is 0.281 e. The molecule has 0 amide bonds. The smallest absolute Gasteiger partial charge is 0.195 e. The molecule has 1 aromatic rings. The highest BCUT2D eigenvalue weighted by molar-refractivity contribution is 9.10. The third-order valence-electron chi connectivity index (χ3n) is 3.28. The second-order valence-electron chi connectivity index (χ2n) is 4.69. The van der Waals surface area contributed by atoms with E-state index in [2.05, 4.69) is 28.1 Å². The van der Waals surface area contributed by atoms with Gasteiger partial charge in [-0.3, -0.25) is 0 Å². The predicted molar refractivity (Wildman–Crippen MR) is 75.7 cm³/mol. The summed E-state index contributed by atoms with van der Waals surface area (Å²) in [6.07, 6.45) is 0.884. The molecule has 0 aliphatic carbocycles. The summed E-state index contributed by atoms with van der Waals surface area (Å²) in [5.74, 6) is 0.299. The summed E-state index contributed by atoms with van der Waals surface area (Å²) in [5, 5.41) is 0. The minimum Gasteiger partial charge on any atom is -0.195 e. The van der Waals surface area contributed by atoms with Gasteiger partial charge in [-0.2, -0.15) is 17.0 Å². The van der Waals surface area contributed by atoms with Crippen LogP contribution >= 0.6 is 15.9 Å². The lowest BCUT2D eigenvalue weighted by molar-refractivity contribution is 0.419. The first kappa shape index (κ1) is 14.0. The van der Waals surface area contributed by atoms with Gasteiger partial charge in [-0.05, 0) is 30.0 Å². The van der Waals surface area contributed by atoms with Crippen LogP contribution in [0.1, 0.15) is 17.9 Å². The fourth-order valence-corrected chi connectivity index (χ4v) is 3.61. The van der Waals surface area contributed by atoms with Crippen molar-refractivity contribution in [2.45, 2.75) is 12.3 Å². The van der Waals surface area contributed by atoms with Crippen LogP contribution in [-0.2, 0) is 10.2 Å². The van der Waals surface area contributed by atoms with E-state index in [9.17, 15) is 8.42 Å². The molecule has 1 heterocycles. The Balaban J connectivity index is 2.12. The van der Waals surface area contributed by atoms with Crippen LogP contribution in [0.25, 0.3) is 0 Å². The molecule has 1 fully saturated rings. The molecular weight excluding hydrogens is 316 g/mol. The minimum absolute atomic E-state index is 0.299. The van der Waals surface area contributed by atoms with Crippen molar-refractivity contribution in [1.82, 2.24) is 8.61 Å². The fourth-order valence-electron chi connectivity index (χ4n) is 2.18. The Morgan fingerprint density at radius 1 is 1.28 bits per heavy atom. The maximum absolute atomic E-state index is 12.0. The normalized spacial score (nSPS) is 21.7. The Kier molecular flexibility index (Phi) is 4.11. The number of hydrogen-bond donors (Lipinski definition) is 0. The average molecular weight is 333 g/mol. The number of nitrogens with zero attached hydrogens (tertiary/aromatic N) is 2. The summed E-state index contributed by atoms with van der Waals surface area (Å²) in [5.41, 5.74) is 1.20. The molecule has 4 nitrogen and oxygen atoms in total. The van der Waals surface area contributed by atoms with Crippen molar-refractivity contribution in [2.75, 3.05) is 27.2 Å². The van der Waals surface area contributed by atoms with Gasteiger partial charge in [0.25, 0.3) is 10.2 Å². The summed E-state index contributed by atoms with van der Waals surface area (Å²) < 4.78 is 27.9. The van der Waals surface area contributed by atoms with E-state index in [0.717, 1.165) is 10.9 Å². The van der Waals surface area contributed by atoms with Crippen LogP contribution in [0.3, 0.4) is 0 Å². The van der Waals surface area contributed by atoms with Gasteiger partial charge in [-0.1, -0.05) is 28.1 Å². The first-order valence-corrected chi connectivity index (χ1v) is 8.03. The average Bonchev–Trinajstić information content (AvgIpc) is 2.79. The van der Waals surface area contributed by atoms with E-state index in [1.807, 2.05) is 12.1 Å². The van der Waals surface area contributed by atoms with Crippen LogP contribution in [0.2, 0.25) is 0 Å². The molecular formula is C12H17BrN2O2S. The Hall–Kier alpha value is -0.430. The van der Waals surface area contributed by atoms with Crippen molar-refractivity contribution in [3.63, 3.8) is 0 Å². The first-order valence-electron chi connectivity index (χ1n) is 5.84. The topological polar surface area (TPSA) is 40.6 Å². The van der Waals surface area contributed by atoms with Gasteiger partial charge in [0.2, 0.25) is 0 Å². The molecule has 2 rings (SSSR count). The minimum atomic E-state index is -3.27. The summed E-state index contributed by atoms with van der Waals surface area (Å²) in [6.45, 7) is 1.17. The van der Waals surface area contributed by atoms with E-state index in [0.29, 0.717) is 19.0 Å². The number of hydrogen-bond acceptors (Lipinski definition) is 2. The lowest BCUT2D eigenvalue weighted by Gasteiger charge is -2.20.